The number of rotatable bonds is 5. The van der Waals surface area contributed by atoms with Crippen molar-refractivity contribution in [2.75, 3.05) is 33.3 Å². The predicted octanol–water partition coefficient (Wildman–Crippen LogP) is 3.29. The molecule has 3 nitrogen and oxygen atoms in total. The standard InChI is InChI=1S/C18H30N2OS/c1-19-10-11-20(13-16(19)9-12-21)14-17-7-8-18(22-17)15-5-3-2-4-6-15/h7-8,15-16,21H,2-6,9-14H2,1H3/t16-/m0/s1. The lowest BCUT2D eigenvalue weighted by molar-refractivity contribution is 0.0749. The van der Waals surface area contributed by atoms with Crippen molar-refractivity contribution in [1.82, 2.24) is 9.80 Å². The molecule has 2 heterocycles. The van der Waals surface area contributed by atoms with Crippen LogP contribution in [0.2, 0.25) is 0 Å². The number of aliphatic hydroxyl groups excluding tert-OH is 1. The van der Waals surface area contributed by atoms with Crippen molar-refractivity contribution in [3.63, 3.8) is 0 Å². The molecular formula is C18H30N2OS. The van der Waals surface area contributed by atoms with Crippen LogP contribution in [-0.4, -0.2) is 54.2 Å². The van der Waals surface area contributed by atoms with Crippen LogP contribution in [0.5, 0.6) is 0 Å². The van der Waals surface area contributed by atoms with E-state index in [1.807, 2.05) is 11.3 Å². The van der Waals surface area contributed by atoms with Gasteiger partial charge >= 0.3 is 0 Å². The van der Waals surface area contributed by atoms with Crippen LogP contribution in [-0.2, 0) is 6.54 Å². The van der Waals surface area contributed by atoms with E-state index in [2.05, 4.69) is 29.0 Å². The zero-order chi connectivity index (χ0) is 15.4. The maximum atomic E-state index is 9.22. The van der Waals surface area contributed by atoms with Crippen LogP contribution in [0.1, 0.15) is 54.2 Å². The molecule has 1 aliphatic carbocycles. The minimum Gasteiger partial charge on any atom is -0.396 e. The molecule has 0 unspecified atom stereocenters. The lowest BCUT2D eigenvalue weighted by Crippen LogP contribution is -2.51. The summed E-state index contributed by atoms with van der Waals surface area (Å²) in [5.74, 6) is 0.835. The number of hydrogen-bond donors (Lipinski definition) is 1. The molecule has 1 atom stereocenters. The molecule has 1 aromatic heterocycles. The average Bonchev–Trinajstić information content (AvgIpc) is 3.00. The lowest BCUT2D eigenvalue weighted by Gasteiger charge is -2.39. The Morgan fingerprint density at radius 3 is 2.77 bits per heavy atom. The third-order valence-electron chi connectivity index (χ3n) is 5.39. The van der Waals surface area contributed by atoms with Crippen molar-refractivity contribution in [2.24, 2.45) is 0 Å². The van der Waals surface area contributed by atoms with Crippen LogP contribution >= 0.6 is 11.3 Å². The van der Waals surface area contributed by atoms with Gasteiger partial charge in [0, 0.05) is 48.6 Å². The molecule has 2 aliphatic rings. The van der Waals surface area contributed by atoms with Gasteiger partial charge in [-0.25, -0.2) is 0 Å². The Balaban J connectivity index is 1.55. The number of likely N-dealkylation sites (N-methyl/N-ethyl adjacent to an activating group) is 1. The largest absolute Gasteiger partial charge is 0.396 e. The van der Waals surface area contributed by atoms with E-state index in [0.717, 1.165) is 38.5 Å². The van der Waals surface area contributed by atoms with E-state index in [9.17, 15) is 5.11 Å². The van der Waals surface area contributed by atoms with E-state index in [0.29, 0.717) is 12.6 Å². The Bertz CT molecular complexity index is 456. The van der Waals surface area contributed by atoms with Gasteiger partial charge in [0.25, 0.3) is 0 Å². The van der Waals surface area contributed by atoms with Gasteiger partial charge in [-0.1, -0.05) is 19.3 Å². The highest BCUT2D eigenvalue weighted by molar-refractivity contribution is 7.12. The number of thiophene rings is 1. The summed E-state index contributed by atoms with van der Waals surface area (Å²) in [4.78, 5) is 8.11. The van der Waals surface area contributed by atoms with Crippen molar-refractivity contribution in [3.05, 3.63) is 21.9 Å². The summed E-state index contributed by atoms with van der Waals surface area (Å²) in [6.07, 6.45) is 7.95. The maximum Gasteiger partial charge on any atom is 0.0446 e. The molecule has 1 saturated carbocycles. The molecule has 124 valence electrons. The van der Waals surface area contributed by atoms with Crippen LogP contribution in [0.15, 0.2) is 12.1 Å². The zero-order valence-corrected chi connectivity index (χ0v) is 14.7. The first-order valence-corrected chi connectivity index (χ1v) is 9.70. The smallest absolute Gasteiger partial charge is 0.0446 e. The van der Waals surface area contributed by atoms with Gasteiger partial charge in [-0.3, -0.25) is 4.90 Å². The molecule has 1 aliphatic heterocycles. The van der Waals surface area contributed by atoms with E-state index in [1.54, 1.807) is 4.88 Å². The quantitative estimate of drug-likeness (QED) is 0.901. The van der Waals surface area contributed by atoms with Gasteiger partial charge in [0.2, 0.25) is 0 Å². The summed E-state index contributed by atoms with van der Waals surface area (Å²) < 4.78 is 0. The number of aliphatic hydroxyl groups is 1. The molecule has 1 aromatic rings. The van der Waals surface area contributed by atoms with E-state index in [-0.39, 0.29) is 0 Å². The molecule has 0 spiro atoms. The monoisotopic (exact) mass is 322 g/mol. The highest BCUT2D eigenvalue weighted by Gasteiger charge is 2.24. The highest BCUT2D eigenvalue weighted by atomic mass is 32.1. The van der Waals surface area contributed by atoms with Crippen LogP contribution in [0.4, 0.5) is 0 Å². The molecule has 2 fully saturated rings. The van der Waals surface area contributed by atoms with Crippen LogP contribution in [0, 0.1) is 0 Å². The maximum absolute atomic E-state index is 9.22. The molecular weight excluding hydrogens is 292 g/mol. The fourth-order valence-corrected chi connectivity index (χ4v) is 5.15. The van der Waals surface area contributed by atoms with Crippen molar-refractivity contribution < 1.29 is 5.11 Å². The Labute approximate surface area is 138 Å². The van der Waals surface area contributed by atoms with E-state index in [1.165, 1.54) is 37.0 Å². The second kappa shape index (κ2) is 7.91. The van der Waals surface area contributed by atoms with Gasteiger partial charge in [0.05, 0.1) is 0 Å². The summed E-state index contributed by atoms with van der Waals surface area (Å²) in [6, 6.07) is 5.25. The van der Waals surface area contributed by atoms with Gasteiger partial charge in [0.1, 0.15) is 0 Å². The fourth-order valence-electron chi connectivity index (χ4n) is 3.92. The molecule has 22 heavy (non-hydrogen) atoms. The summed E-state index contributed by atoms with van der Waals surface area (Å²) in [5, 5.41) is 9.22. The van der Waals surface area contributed by atoms with Crippen LogP contribution in [0.3, 0.4) is 0 Å². The summed E-state index contributed by atoms with van der Waals surface area (Å²) >= 11 is 2.04. The molecule has 1 N–H and O–H groups in total. The Morgan fingerprint density at radius 2 is 2.00 bits per heavy atom. The Kier molecular flexibility index (Phi) is 5.91. The van der Waals surface area contributed by atoms with Crippen LogP contribution in [0.25, 0.3) is 0 Å². The molecule has 0 bridgehead atoms. The van der Waals surface area contributed by atoms with Crippen molar-refractivity contribution in [1.29, 1.82) is 0 Å². The van der Waals surface area contributed by atoms with Gasteiger partial charge in [-0.15, -0.1) is 11.3 Å². The molecule has 0 aromatic carbocycles. The zero-order valence-electron chi connectivity index (χ0n) is 13.8. The average molecular weight is 323 g/mol. The minimum absolute atomic E-state index is 0.299. The number of piperazine rings is 1. The first kappa shape index (κ1) is 16.4. The summed E-state index contributed by atoms with van der Waals surface area (Å²) in [6.45, 7) is 4.75. The van der Waals surface area contributed by atoms with Gasteiger partial charge in [0.15, 0.2) is 0 Å². The fraction of sp³-hybridized carbons (Fsp3) is 0.778. The second-order valence-corrected chi connectivity index (χ2v) is 8.22. The molecule has 0 radical (unpaired) electrons. The van der Waals surface area contributed by atoms with Gasteiger partial charge in [-0.2, -0.15) is 0 Å². The predicted molar refractivity (Wildman–Crippen MR) is 93.5 cm³/mol. The molecule has 4 heteroatoms. The second-order valence-electron chi connectivity index (χ2n) is 7.02. The van der Waals surface area contributed by atoms with Crippen LogP contribution < -0.4 is 0 Å². The SMILES string of the molecule is CN1CCN(Cc2ccc(C3CCCCC3)s2)C[C@@H]1CCO. The normalized spacial score (nSPS) is 25.6. The summed E-state index contributed by atoms with van der Waals surface area (Å²) in [5.41, 5.74) is 0. The third-order valence-corrected chi connectivity index (χ3v) is 6.63. The number of hydrogen-bond acceptors (Lipinski definition) is 4. The third kappa shape index (κ3) is 4.10. The van der Waals surface area contributed by atoms with Crippen molar-refractivity contribution >= 4 is 11.3 Å². The van der Waals surface area contributed by atoms with E-state index < -0.39 is 0 Å². The summed E-state index contributed by atoms with van der Waals surface area (Å²) in [7, 11) is 2.18. The molecule has 0 amide bonds. The molecule has 3 rings (SSSR count). The molecule has 1 saturated heterocycles. The van der Waals surface area contributed by atoms with Crippen molar-refractivity contribution in [2.45, 2.75) is 57.0 Å². The van der Waals surface area contributed by atoms with Gasteiger partial charge < -0.3 is 10.0 Å². The minimum atomic E-state index is 0.299. The Morgan fingerprint density at radius 1 is 1.18 bits per heavy atom. The number of nitrogens with zero attached hydrogens (tertiary/aromatic N) is 2. The Hall–Kier alpha value is -0.420. The van der Waals surface area contributed by atoms with E-state index in [4.69, 9.17) is 0 Å². The first-order valence-electron chi connectivity index (χ1n) is 8.88. The van der Waals surface area contributed by atoms with E-state index >= 15 is 0 Å². The first-order chi connectivity index (χ1) is 10.8. The van der Waals surface area contributed by atoms with Gasteiger partial charge in [-0.05, 0) is 44.4 Å². The topological polar surface area (TPSA) is 26.7 Å². The lowest BCUT2D eigenvalue weighted by atomic mass is 9.88. The van der Waals surface area contributed by atoms with Crippen molar-refractivity contribution in [3.8, 4) is 0 Å². The highest BCUT2D eigenvalue weighted by Crippen LogP contribution is 2.36.